The second-order valence-electron chi connectivity index (χ2n) is 4.79. The first-order valence-electron chi connectivity index (χ1n) is 6.58. The molecule has 20 heavy (non-hydrogen) atoms. The zero-order valence-corrected chi connectivity index (χ0v) is 13.0. The third-order valence-electron chi connectivity index (χ3n) is 3.25. The molecule has 2 rings (SSSR count). The fraction of sp³-hybridized carbons (Fsp3) is 0.400. The van der Waals surface area contributed by atoms with E-state index in [1.165, 1.54) is 12.8 Å². The number of hydrogen-bond donors (Lipinski definition) is 1. The summed E-state index contributed by atoms with van der Waals surface area (Å²) < 4.78 is 6.06. The molecular formula is C15H18BrNO3. The fourth-order valence-corrected chi connectivity index (χ4v) is 2.59. The molecule has 1 aliphatic carbocycles. The summed E-state index contributed by atoms with van der Waals surface area (Å²) in [7, 11) is 1.71. The van der Waals surface area contributed by atoms with Crippen molar-refractivity contribution in [3.63, 3.8) is 0 Å². The van der Waals surface area contributed by atoms with Crippen molar-refractivity contribution in [1.82, 2.24) is 0 Å². The van der Waals surface area contributed by atoms with Gasteiger partial charge < -0.3 is 14.7 Å². The number of methoxy groups -OCH3 is 1. The van der Waals surface area contributed by atoms with Crippen molar-refractivity contribution in [2.45, 2.75) is 18.9 Å². The van der Waals surface area contributed by atoms with Gasteiger partial charge >= 0.3 is 5.97 Å². The smallest absolute Gasteiger partial charge is 0.328 e. The summed E-state index contributed by atoms with van der Waals surface area (Å²) in [6.45, 7) is 1.58. The van der Waals surface area contributed by atoms with Gasteiger partial charge in [-0.05, 0) is 36.6 Å². The number of ether oxygens (including phenoxy) is 1. The van der Waals surface area contributed by atoms with E-state index in [9.17, 15) is 4.79 Å². The molecule has 1 fully saturated rings. The molecule has 1 aromatic rings. The Balaban J connectivity index is 2.15. The molecule has 0 atom stereocenters. The molecule has 0 bridgehead atoms. The Hall–Kier alpha value is -1.33. The zero-order valence-electron chi connectivity index (χ0n) is 11.4. The Kier molecular flexibility index (Phi) is 5.20. The van der Waals surface area contributed by atoms with Gasteiger partial charge in [-0.1, -0.05) is 22.0 Å². The lowest BCUT2D eigenvalue weighted by atomic mass is 10.1. The number of anilines is 1. The average Bonchev–Trinajstić information content (AvgIpc) is 3.22. The van der Waals surface area contributed by atoms with Gasteiger partial charge in [-0.3, -0.25) is 0 Å². The summed E-state index contributed by atoms with van der Waals surface area (Å²) in [6.07, 6.45) is 5.18. The molecule has 0 radical (unpaired) electrons. The Bertz CT molecular complexity index is 512. The van der Waals surface area contributed by atoms with Crippen LogP contribution in [-0.4, -0.2) is 37.4 Å². The third kappa shape index (κ3) is 4.08. The second-order valence-corrected chi connectivity index (χ2v) is 5.65. The molecule has 0 spiro atoms. The molecule has 0 saturated heterocycles. The molecule has 0 aliphatic heterocycles. The van der Waals surface area contributed by atoms with Crippen LogP contribution >= 0.6 is 15.9 Å². The SMILES string of the molecule is COCCN(c1ccc(/C=C/C(=O)O)c(Br)c1)C1CC1. The van der Waals surface area contributed by atoms with Crippen LogP contribution < -0.4 is 4.90 Å². The van der Waals surface area contributed by atoms with E-state index < -0.39 is 5.97 Å². The average molecular weight is 340 g/mol. The first-order valence-corrected chi connectivity index (χ1v) is 7.37. The number of rotatable bonds is 7. The molecule has 1 aliphatic rings. The van der Waals surface area contributed by atoms with E-state index in [-0.39, 0.29) is 0 Å². The molecule has 0 aromatic heterocycles. The minimum absolute atomic E-state index is 0.609. The van der Waals surface area contributed by atoms with Crippen molar-refractivity contribution in [3.8, 4) is 0 Å². The summed E-state index contributed by atoms with van der Waals surface area (Å²) >= 11 is 3.50. The number of carboxylic acid groups (broad SMARTS) is 1. The van der Waals surface area contributed by atoms with Gasteiger partial charge in [0.25, 0.3) is 0 Å². The van der Waals surface area contributed by atoms with E-state index in [1.54, 1.807) is 13.2 Å². The number of nitrogens with zero attached hydrogens (tertiary/aromatic N) is 1. The lowest BCUT2D eigenvalue weighted by Gasteiger charge is -2.24. The molecule has 0 unspecified atom stereocenters. The Labute approximate surface area is 127 Å². The van der Waals surface area contributed by atoms with Crippen molar-refractivity contribution < 1.29 is 14.6 Å². The third-order valence-corrected chi connectivity index (χ3v) is 3.93. The van der Waals surface area contributed by atoms with Gasteiger partial charge in [-0.2, -0.15) is 0 Å². The van der Waals surface area contributed by atoms with Gasteiger partial charge in [-0.15, -0.1) is 0 Å². The highest BCUT2D eigenvalue weighted by Crippen LogP contribution is 2.33. The van der Waals surface area contributed by atoms with Crippen molar-refractivity contribution in [3.05, 3.63) is 34.3 Å². The number of carbonyl (C=O) groups is 1. The van der Waals surface area contributed by atoms with Crippen LogP contribution in [0, 0.1) is 0 Å². The quantitative estimate of drug-likeness (QED) is 0.775. The molecule has 1 N–H and O–H groups in total. The van der Waals surface area contributed by atoms with Crippen LogP contribution in [0.5, 0.6) is 0 Å². The molecular weight excluding hydrogens is 322 g/mol. The lowest BCUT2D eigenvalue weighted by Crippen LogP contribution is -2.29. The first kappa shape index (κ1) is 15.1. The van der Waals surface area contributed by atoms with Crippen LogP contribution in [0.25, 0.3) is 6.08 Å². The van der Waals surface area contributed by atoms with Gasteiger partial charge in [0, 0.05) is 35.9 Å². The second kappa shape index (κ2) is 6.90. The largest absolute Gasteiger partial charge is 0.478 e. The number of benzene rings is 1. The monoisotopic (exact) mass is 339 g/mol. The van der Waals surface area contributed by atoms with Gasteiger partial charge in [-0.25, -0.2) is 4.79 Å². The van der Waals surface area contributed by atoms with Gasteiger partial charge in [0.05, 0.1) is 6.61 Å². The van der Waals surface area contributed by atoms with Crippen molar-refractivity contribution in [1.29, 1.82) is 0 Å². The van der Waals surface area contributed by atoms with Crippen LogP contribution in [-0.2, 0) is 9.53 Å². The fourth-order valence-electron chi connectivity index (χ4n) is 2.09. The van der Waals surface area contributed by atoms with Crippen LogP contribution in [0.1, 0.15) is 18.4 Å². The van der Waals surface area contributed by atoms with E-state index in [0.29, 0.717) is 12.6 Å². The minimum atomic E-state index is -0.944. The summed E-state index contributed by atoms with van der Waals surface area (Å²) in [6, 6.07) is 6.61. The molecule has 5 heteroatoms. The van der Waals surface area contributed by atoms with E-state index in [2.05, 4.69) is 20.8 Å². The summed E-state index contributed by atoms with van der Waals surface area (Å²) in [5.74, 6) is -0.944. The molecule has 0 amide bonds. The van der Waals surface area contributed by atoms with Crippen molar-refractivity contribution >= 4 is 33.7 Å². The predicted octanol–water partition coefficient (Wildman–Crippen LogP) is 3.16. The Morgan fingerprint density at radius 1 is 1.55 bits per heavy atom. The number of hydrogen-bond acceptors (Lipinski definition) is 3. The topological polar surface area (TPSA) is 49.8 Å². The van der Waals surface area contributed by atoms with Crippen molar-refractivity contribution in [2.24, 2.45) is 0 Å². The standard InChI is InChI=1S/C15H18BrNO3/c1-20-9-8-17(12-5-6-12)13-4-2-11(14(16)10-13)3-7-15(18)19/h2-4,7,10,12H,5-6,8-9H2,1H3,(H,18,19)/b7-3+. The molecule has 1 aromatic carbocycles. The minimum Gasteiger partial charge on any atom is -0.478 e. The van der Waals surface area contributed by atoms with Crippen LogP contribution in [0.2, 0.25) is 0 Å². The Morgan fingerprint density at radius 2 is 2.30 bits per heavy atom. The Morgan fingerprint density at radius 3 is 2.85 bits per heavy atom. The maximum absolute atomic E-state index is 10.6. The van der Waals surface area contributed by atoms with Gasteiger partial charge in [0.2, 0.25) is 0 Å². The van der Waals surface area contributed by atoms with Crippen LogP contribution in [0.4, 0.5) is 5.69 Å². The number of aliphatic carboxylic acids is 1. The van der Waals surface area contributed by atoms with Crippen LogP contribution in [0.3, 0.4) is 0 Å². The molecule has 4 nitrogen and oxygen atoms in total. The highest BCUT2D eigenvalue weighted by molar-refractivity contribution is 9.10. The van der Waals surface area contributed by atoms with E-state index in [4.69, 9.17) is 9.84 Å². The maximum atomic E-state index is 10.6. The molecule has 1 saturated carbocycles. The predicted molar refractivity (Wildman–Crippen MR) is 83.1 cm³/mol. The molecule has 108 valence electrons. The summed E-state index contributed by atoms with van der Waals surface area (Å²) in [5.41, 5.74) is 2.00. The van der Waals surface area contributed by atoms with E-state index >= 15 is 0 Å². The van der Waals surface area contributed by atoms with E-state index in [0.717, 1.165) is 28.3 Å². The number of carboxylic acids is 1. The summed E-state index contributed by atoms with van der Waals surface area (Å²) in [5, 5.41) is 8.66. The molecule has 0 heterocycles. The zero-order chi connectivity index (χ0) is 14.5. The van der Waals surface area contributed by atoms with Crippen molar-refractivity contribution in [2.75, 3.05) is 25.2 Å². The summed E-state index contributed by atoms with van der Waals surface area (Å²) in [4.78, 5) is 12.9. The maximum Gasteiger partial charge on any atom is 0.328 e. The number of halogens is 1. The lowest BCUT2D eigenvalue weighted by molar-refractivity contribution is -0.131. The van der Waals surface area contributed by atoms with Gasteiger partial charge in [0.1, 0.15) is 0 Å². The van der Waals surface area contributed by atoms with E-state index in [1.807, 2.05) is 18.2 Å². The first-order chi connectivity index (χ1) is 9.61. The highest BCUT2D eigenvalue weighted by atomic mass is 79.9. The van der Waals surface area contributed by atoms with Crippen LogP contribution in [0.15, 0.2) is 28.7 Å². The van der Waals surface area contributed by atoms with Gasteiger partial charge in [0.15, 0.2) is 0 Å². The normalized spacial score (nSPS) is 14.7. The highest BCUT2D eigenvalue weighted by Gasteiger charge is 2.29.